The number of alkyl halides is 3. The maximum Gasteiger partial charge on any atom is 0.416 e. The van der Waals surface area contributed by atoms with E-state index in [9.17, 15) is 18.0 Å². The number of benzene rings is 1. The summed E-state index contributed by atoms with van der Waals surface area (Å²) in [6.07, 6.45) is -2.64. The number of hydrogen-bond donors (Lipinski definition) is 1. The van der Waals surface area contributed by atoms with Gasteiger partial charge in [-0.15, -0.1) is 11.3 Å². The van der Waals surface area contributed by atoms with Crippen molar-refractivity contribution in [1.82, 2.24) is 9.88 Å². The number of thiazole rings is 1. The molecule has 1 aliphatic rings. The van der Waals surface area contributed by atoms with Crippen molar-refractivity contribution in [3.8, 4) is 10.6 Å². The number of carbonyl (C=O) groups excluding carboxylic acids is 1. The summed E-state index contributed by atoms with van der Waals surface area (Å²) in [4.78, 5) is 18.5. The number of amides is 1. The first-order chi connectivity index (χ1) is 11.4. The Morgan fingerprint density at radius 2 is 2.21 bits per heavy atom. The van der Waals surface area contributed by atoms with Gasteiger partial charge in [0.15, 0.2) is 0 Å². The Labute approximate surface area is 141 Å². The van der Waals surface area contributed by atoms with Crippen LogP contribution in [-0.4, -0.2) is 34.9 Å². The predicted octanol–water partition coefficient (Wildman–Crippen LogP) is 3.39. The standard InChI is InChI=1S/C16H16F3N3OS/c17-16(18,19)11-4-1-3-10(7-11)14-21-13(9-24-14)15(23)22-6-2-5-12(22)8-20/h1,3-4,7,9,12H,2,5-6,8,20H2. The molecule has 1 fully saturated rings. The monoisotopic (exact) mass is 355 g/mol. The lowest BCUT2D eigenvalue weighted by Crippen LogP contribution is -2.40. The van der Waals surface area contributed by atoms with Crippen LogP contribution in [0.3, 0.4) is 0 Å². The molecule has 1 unspecified atom stereocenters. The van der Waals surface area contributed by atoms with E-state index < -0.39 is 11.7 Å². The first kappa shape index (κ1) is 16.9. The highest BCUT2D eigenvalue weighted by Gasteiger charge is 2.31. The quantitative estimate of drug-likeness (QED) is 0.918. The molecule has 8 heteroatoms. The Morgan fingerprint density at radius 3 is 2.92 bits per heavy atom. The smallest absolute Gasteiger partial charge is 0.333 e. The topological polar surface area (TPSA) is 59.2 Å². The molecule has 1 aliphatic heterocycles. The Balaban J connectivity index is 1.85. The average Bonchev–Trinajstić information content (AvgIpc) is 3.22. The van der Waals surface area contributed by atoms with Crippen LogP contribution in [0.2, 0.25) is 0 Å². The van der Waals surface area contributed by atoms with Gasteiger partial charge in [-0.3, -0.25) is 4.79 Å². The summed E-state index contributed by atoms with van der Waals surface area (Å²) >= 11 is 1.16. The van der Waals surface area contributed by atoms with Gasteiger partial charge in [0.25, 0.3) is 5.91 Å². The van der Waals surface area contributed by atoms with E-state index >= 15 is 0 Å². The molecule has 0 spiro atoms. The van der Waals surface area contributed by atoms with E-state index in [1.807, 2.05) is 0 Å². The summed E-state index contributed by atoms with van der Waals surface area (Å²) in [6.45, 7) is 1.04. The largest absolute Gasteiger partial charge is 0.416 e. The minimum absolute atomic E-state index is 0.0104. The van der Waals surface area contributed by atoms with Crippen molar-refractivity contribution in [3.05, 3.63) is 40.9 Å². The number of carbonyl (C=O) groups is 1. The van der Waals surface area contributed by atoms with Crippen molar-refractivity contribution in [2.24, 2.45) is 5.73 Å². The molecular weight excluding hydrogens is 339 g/mol. The van der Waals surface area contributed by atoms with Crippen LogP contribution >= 0.6 is 11.3 Å². The van der Waals surface area contributed by atoms with Gasteiger partial charge in [0.05, 0.1) is 5.56 Å². The van der Waals surface area contributed by atoms with E-state index in [0.717, 1.165) is 36.3 Å². The average molecular weight is 355 g/mol. The molecule has 4 nitrogen and oxygen atoms in total. The van der Waals surface area contributed by atoms with E-state index in [1.54, 1.807) is 16.3 Å². The maximum absolute atomic E-state index is 12.8. The molecule has 2 heterocycles. The molecule has 2 N–H and O–H groups in total. The molecule has 0 saturated carbocycles. The van der Waals surface area contributed by atoms with Crippen LogP contribution < -0.4 is 5.73 Å². The van der Waals surface area contributed by atoms with Gasteiger partial charge in [0.2, 0.25) is 0 Å². The third-order valence-corrected chi connectivity index (χ3v) is 4.96. The predicted molar refractivity (Wildman–Crippen MR) is 85.7 cm³/mol. The number of hydrogen-bond acceptors (Lipinski definition) is 4. The summed E-state index contributed by atoms with van der Waals surface area (Å²) in [7, 11) is 0. The third-order valence-electron chi connectivity index (χ3n) is 4.07. The van der Waals surface area contributed by atoms with E-state index in [-0.39, 0.29) is 17.6 Å². The third kappa shape index (κ3) is 3.29. The number of halogens is 3. The van der Waals surface area contributed by atoms with Crippen LogP contribution in [0.5, 0.6) is 0 Å². The number of nitrogens with two attached hydrogens (primary N) is 1. The van der Waals surface area contributed by atoms with Gasteiger partial charge < -0.3 is 10.6 Å². The van der Waals surface area contributed by atoms with E-state index in [0.29, 0.717) is 23.7 Å². The fourth-order valence-corrected chi connectivity index (χ4v) is 3.62. The first-order valence-corrected chi connectivity index (χ1v) is 8.42. The number of aromatic nitrogens is 1. The van der Waals surface area contributed by atoms with E-state index in [1.165, 1.54) is 6.07 Å². The van der Waals surface area contributed by atoms with Gasteiger partial charge in [0.1, 0.15) is 10.7 Å². The summed E-state index contributed by atoms with van der Waals surface area (Å²) in [5.41, 5.74) is 5.55. The highest BCUT2D eigenvalue weighted by atomic mass is 32.1. The Morgan fingerprint density at radius 1 is 1.42 bits per heavy atom. The van der Waals surface area contributed by atoms with Gasteiger partial charge in [-0.2, -0.15) is 13.2 Å². The van der Waals surface area contributed by atoms with Crippen LogP contribution in [-0.2, 0) is 6.18 Å². The van der Waals surface area contributed by atoms with E-state index in [4.69, 9.17) is 5.73 Å². The Kier molecular flexibility index (Phi) is 4.60. The van der Waals surface area contributed by atoms with Gasteiger partial charge in [-0.05, 0) is 25.0 Å². The molecule has 1 amide bonds. The van der Waals surface area contributed by atoms with Crippen molar-refractivity contribution in [1.29, 1.82) is 0 Å². The molecule has 2 aromatic rings. The van der Waals surface area contributed by atoms with Crippen molar-refractivity contribution in [2.45, 2.75) is 25.1 Å². The fourth-order valence-electron chi connectivity index (χ4n) is 2.83. The molecule has 24 heavy (non-hydrogen) atoms. The summed E-state index contributed by atoms with van der Waals surface area (Å²) in [5, 5.41) is 1.98. The Hall–Kier alpha value is -1.93. The summed E-state index contributed by atoms with van der Waals surface area (Å²) < 4.78 is 38.4. The zero-order valence-electron chi connectivity index (χ0n) is 12.7. The lowest BCUT2D eigenvalue weighted by atomic mass is 10.1. The van der Waals surface area contributed by atoms with Crippen LogP contribution in [0.1, 0.15) is 28.9 Å². The summed E-state index contributed by atoms with van der Waals surface area (Å²) in [6, 6.07) is 4.97. The van der Waals surface area contributed by atoms with Crippen molar-refractivity contribution < 1.29 is 18.0 Å². The molecule has 1 aromatic carbocycles. The first-order valence-electron chi connectivity index (χ1n) is 7.54. The zero-order chi connectivity index (χ0) is 17.3. The molecule has 128 valence electrons. The number of likely N-dealkylation sites (tertiary alicyclic amines) is 1. The molecule has 1 saturated heterocycles. The molecule has 1 atom stereocenters. The normalized spacial score (nSPS) is 18.2. The summed E-state index contributed by atoms with van der Waals surface area (Å²) in [5.74, 6) is -0.211. The lowest BCUT2D eigenvalue weighted by Gasteiger charge is -2.22. The number of nitrogens with zero attached hydrogens (tertiary/aromatic N) is 2. The number of rotatable bonds is 3. The Bertz CT molecular complexity index is 744. The zero-order valence-corrected chi connectivity index (χ0v) is 13.5. The maximum atomic E-state index is 12.8. The fraction of sp³-hybridized carbons (Fsp3) is 0.375. The second-order valence-corrected chi connectivity index (χ2v) is 6.50. The minimum Gasteiger partial charge on any atom is -0.333 e. The minimum atomic E-state index is -4.41. The highest BCUT2D eigenvalue weighted by molar-refractivity contribution is 7.13. The molecule has 0 bridgehead atoms. The van der Waals surface area contributed by atoms with Crippen molar-refractivity contribution in [3.63, 3.8) is 0 Å². The molecule has 0 radical (unpaired) electrons. The highest BCUT2D eigenvalue weighted by Crippen LogP contribution is 2.33. The van der Waals surface area contributed by atoms with Gasteiger partial charge in [0, 0.05) is 30.1 Å². The second kappa shape index (κ2) is 6.52. The van der Waals surface area contributed by atoms with Crippen LogP contribution in [0, 0.1) is 0 Å². The van der Waals surface area contributed by atoms with Gasteiger partial charge in [-0.25, -0.2) is 4.98 Å². The van der Waals surface area contributed by atoms with Crippen molar-refractivity contribution >= 4 is 17.2 Å². The molecule has 1 aromatic heterocycles. The second-order valence-electron chi connectivity index (χ2n) is 5.65. The lowest BCUT2D eigenvalue weighted by molar-refractivity contribution is -0.137. The molecule has 0 aliphatic carbocycles. The van der Waals surface area contributed by atoms with Crippen LogP contribution in [0.15, 0.2) is 29.6 Å². The van der Waals surface area contributed by atoms with Crippen LogP contribution in [0.4, 0.5) is 13.2 Å². The SMILES string of the molecule is NCC1CCCN1C(=O)c1csc(-c2cccc(C(F)(F)F)c2)n1. The van der Waals surface area contributed by atoms with Crippen LogP contribution in [0.25, 0.3) is 10.6 Å². The van der Waals surface area contributed by atoms with Gasteiger partial charge in [-0.1, -0.05) is 12.1 Å². The van der Waals surface area contributed by atoms with E-state index in [2.05, 4.69) is 4.98 Å². The molecular formula is C16H16F3N3OS. The molecule has 3 rings (SSSR count). The van der Waals surface area contributed by atoms with Gasteiger partial charge >= 0.3 is 6.18 Å². The van der Waals surface area contributed by atoms with Crippen molar-refractivity contribution in [2.75, 3.05) is 13.1 Å².